The highest BCUT2D eigenvalue weighted by Gasteiger charge is 1.97. The number of aryl methyl sites for hydroxylation is 1. The lowest BCUT2D eigenvalue weighted by atomic mass is 10.3. The van der Waals surface area contributed by atoms with Gasteiger partial charge in [-0.2, -0.15) is 5.10 Å². The van der Waals surface area contributed by atoms with E-state index in [0.717, 1.165) is 30.9 Å². The van der Waals surface area contributed by atoms with Gasteiger partial charge in [-0.1, -0.05) is 13.0 Å². The highest BCUT2D eigenvalue weighted by Crippen LogP contribution is 2.07. The van der Waals surface area contributed by atoms with Crippen LogP contribution in [0.2, 0.25) is 0 Å². The normalized spacial score (nSPS) is 10.3. The van der Waals surface area contributed by atoms with Crippen molar-refractivity contribution in [1.82, 2.24) is 14.8 Å². The summed E-state index contributed by atoms with van der Waals surface area (Å²) < 4.78 is 1.95. The number of hydrogen-bond donors (Lipinski definition) is 1. The van der Waals surface area contributed by atoms with E-state index < -0.39 is 0 Å². The van der Waals surface area contributed by atoms with E-state index in [1.54, 1.807) is 6.20 Å². The summed E-state index contributed by atoms with van der Waals surface area (Å²) >= 11 is 0. The van der Waals surface area contributed by atoms with Crippen molar-refractivity contribution in [2.75, 3.05) is 5.32 Å². The number of aromatic nitrogens is 3. The van der Waals surface area contributed by atoms with Crippen molar-refractivity contribution in [3.63, 3.8) is 0 Å². The average molecular weight is 216 g/mol. The zero-order chi connectivity index (χ0) is 11.2. The molecule has 0 aliphatic heterocycles. The largest absolute Gasteiger partial charge is 0.377 e. The zero-order valence-corrected chi connectivity index (χ0v) is 9.43. The third-order valence-corrected chi connectivity index (χ3v) is 2.29. The number of anilines is 1. The molecule has 16 heavy (non-hydrogen) atoms. The minimum atomic E-state index is 0.735. The number of pyridine rings is 1. The second-order valence-corrected chi connectivity index (χ2v) is 3.67. The fourth-order valence-electron chi connectivity index (χ4n) is 1.50. The maximum Gasteiger partial charge on any atom is 0.0729 e. The molecule has 84 valence electrons. The van der Waals surface area contributed by atoms with E-state index in [9.17, 15) is 0 Å². The van der Waals surface area contributed by atoms with Crippen molar-refractivity contribution in [1.29, 1.82) is 0 Å². The van der Waals surface area contributed by atoms with Gasteiger partial charge in [0.15, 0.2) is 0 Å². The fraction of sp³-hybridized carbons (Fsp3) is 0.333. The third kappa shape index (κ3) is 2.82. The van der Waals surface area contributed by atoms with Gasteiger partial charge in [0.05, 0.1) is 24.1 Å². The quantitative estimate of drug-likeness (QED) is 0.834. The van der Waals surface area contributed by atoms with Gasteiger partial charge < -0.3 is 5.32 Å². The Morgan fingerprint density at radius 3 is 3.06 bits per heavy atom. The van der Waals surface area contributed by atoms with E-state index in [-0.39, 0.29) is 0 Å². The van der Waals surface area contributed by atoms with E-state index in [4.69, 9.17) is 0 Å². The molecule has 1 N–H and O–H groups in total. The molecule has 0 spiro atoms. The van der Waals surface area contributed by atoms with Crippen LogP contribution in [0.5, 0.6) is 0 Å². The van der Waals surface area contributed by atoms with Crippen molar-refractivity contribution in [3.05, 3.63) is 42.5 Å². The molecule has 2 aromatic rings. The highest BCUT2D eigenvalue weighted by molar-refractivity contribution is 5.38. The van der Waals surface area contributed by atoms with Crippen molar-refractivity contribution >= 4 is 5.69 Å². The van der Waals surface area contributed by atoms with Gasteiger partial charge >= 0.3 is 0 Å². The van der Waals surface area contributed by atoms with E-state index >= 15 is 0 Å². The molecule has 2 aromatic heterocycles. The zero-order valence-electron chi connectivity index (χ0n) is 9.43. The van der Waals surface area contributed by atoms with Crippen LogP contribution in [0.1, 0.15) is 19.0 Å². The number of nitrogens with zero attached hydrogens (tertiary/aromatic N) is 3. The first kappa shape index (κ1) is 10.7. The fourth-order valence-corrected chi connectivity index (χ4v) is 1.50. The Kier molecular flexibility index (Phi) is 3.53. The molecule has 0 saturated heterocycles. The predicted molar refractivity (Wildman–Crippen MR) is 64.1 cm³/mol. The second-order valence-electron chi connectivity index (χ2n) is 3.67. The lowest BCUT2D eigenvalue weighted by Crippen LogP contribution is -2.00. The van der Waals surface area contributed by atoms with Crippen LogP contribution in [-0.2, 0) is 13.1 Å². The van der Waals surface area contributed by atoms with Crippen molar-refractivity contribution in [3.8, 4) is 0 Å². The minimum Gasteiger partial charge on any atom is -0.377 e. The number of rotatable bonds is 5. The molecule has 0 unspecified atom stereocenters. The van der Waals surface area contributed by atoms with E-state index in [0.29, 0.717) is 0 Å². The molecule has 4 nitrogen and oxygen atoms in total. The third-order valence-electron chi connectivity index (χ3n) is 2.29. The van der Waals surface area contributed by atoms with Crippen molar-refractivity contribution < 1.29 is 0 Å². The summed E-state index contributed by atoms with van der Waals surface area (Å²) in [5.74, 6) is 0. The van der Waals surface area contributed by atoms with Crippen LogP contribution in [0.25, 0.3) is 0 Å². The van der Waals surface area contributed by atoms with Gasteiger partial charge in [-0.3, -0.25) is 9.67 Å². The van der Waals surface area contributed by atoms with Crippen LogP contribution in [0.3, 0.4) is 0 Å². The first-order chi connectivity index (χ1) is 7.88. The summed E-state index contributed by atoms with van der Waals surface area (Å²) in [7, 11) is 0. The Bertz CT molecular complexity index is 422. The van der Waals surface area contributed by atoms with Crippen LogP contribution in [0.4, 0.5) is 5.69 Å². The molecule has 0 saturated carbocycles. The molecule has 0 atom stereocenters. The Balaban J connectivity index is 1.89. The molecular weight excluding hydrogens is 200 g/mol. The summed E-state index contributed by atoms with van der Waals surface area (Å²) in [6.07, 6.45) is 6.77. The molecule has 0 amide bonds. The Morgan fingerprint density at radius 2 is 2.31 bits per heavy atom. The van der Waals surface area contributed by atoms with Gasteiger partial charge in [0.1, 0.15) is 0 Å². The van der Waals surface area contributed by atoms with Crippen LogP contribution in [-0.4, -0.2) is 14.8 Å². The van der Waals surface area contributed by atoms with Crippen molar-refractivity contribution in [2.24, 2.45) is 0 Å². The first-order valence-electron chi connectivity index (χ1n) is 5.54. The number of hydrogen-bond acceptors (Lipinski definition) is 3. The van der Waals surface area contributed by atoms with E-state index in [1.807, 2.05) is 35.3 Å². The molecule has 0 fully saturated rings. The Labute approximate surface area is 95.3 Å². The maximum absolute atomic E-state index is 4.25. The van der Waals surface area contributed by atoms with E-state index in [1.165, 1.54) is 0 Å². The highest BCUT2D eigenvalue weighted by atomic mass is 15.3. The topological polar surface area (TPSA) is 42.7 Å². The van der Waals surface area contributed by atoms with Gasteiger partial charge in [0.25, 0.3) is 0 Å². The van der Waals surface area contributed by atoms with E-state index in [2.05, 4.69) is 22.3 Å². The molecule has 4 heteroatoms. The SMILES string of the molecule is CCCn1cc(NCc2ccccn2)cn1. The Morgan fingerprint density at radius 1 is 1.38 bits per heavy atom. The predicted octanol–water partition coefficient (Wildman–Crippen LogP) is 2.30. The lowest BCUT2D eigenvalue weighted by molar-refractivity contribution is 0.603. The smallest absolute Gasteiger partial charge is 0.0729 e. The molecule has 2 heterocycles. The first-order valence-corrected chi connectivity index (χ1v) is 5.54. The molecule has 0 aliphatic carbocycles. The van der Waals surface area contributed by atoms with Gasteiger partial charge in [0.2, 0.25) is 0 Å². The minimum absolute atomic E-state index is 0.735. The lowest BCUT2D eigenvalue weighted by Gasteiger charge is -2.01. The van der Waals surface area contributed by atoms with Crippen LogP contribution < -0.4 is 5.32 Å². The Hall–Kier alpha value is -1.84. The second kappa shape index (κ2) is 5.30. The molecule has 0 aliphatic rings. The van der Waals surface area contributed by atoms with Gasteiger partial charge in [-0.05, 0) is 18.6 Å². The number of nitrogens with one attached hydrogen (secondary N) is 1. The standard InChI is InChI=1S/C12H16N4/c1-2-7-16-10-12(9-15-16)14-8-11-5-3-4-6-13-11/h3-6,9-10,14H,2,7-8H2,1H3. The van der Waals surface area contributed by atoms with Gasteiger partial charge in [0, 0.05) is 18.9 Å². The maximum atomic E-state index is 4.25. The van der Waals surface area contributed by atoms with Crippen LogP contribution >= 0.6 is 0 Å². The average Bonchev–Trinajstić information content (AvgIpc) is 2.76. The van der Waals surface area contributed by atoms with Crippen molar-refractivity contribution in [2.45, 2.75) is 26.4 Å². The summed E-state index contributed by atoms with van der Waals surface area (Å²) in [6, 6.07) is 5.91. The summed E-state index contributed by atoms with van der Waals surface area (Å²) in [4.78, 5) is 4.25. The summed E-state index contributed by atoms with van der Waals surface area (Å²) in [5, 5.41) is 7.55. The molecule has 0 bridgehead atoms. The monoisotopic (exact) mass is 216 g/mol. The molecule has 0 aromatic carbocycles. The van der Waals surface area contributed by atoms with Gasteiger partial charge in [-0.15, -0.1) is 0 Å². The summed E-state index contributed by atoms with van der Waals surface area (Å²) in [6.45, 7) is 3.84. The summed E-state index contributed by atoms with van der Waals surface area (Å²) in [5.41, 5.74) is 2.07. The van der Waals surface area contributed by atoms with Gasteiger partial charge in [-0.25, -0.2) is 0 Å². The van der Waals surface area contributed by atoms with Crippen LogP contribution in [0, 0.1) is 0 Å². The molecular formula is C12H16N4. The molecule has 2 rings (SSSR count). The molecule has 0 radical (unpaired) electrons. The van der Waals surface area contributed by atoms with Crippen LogP contribution in [0.15, 0.2) is 36.8 Å².